The van der Waals surface area contributed by atoms with Crippen molar-refractivity contribution >= 4 is 5.96 Å². The van der Waals surface area contributed by atoms with Crippen molar-refractivity contribution in [3.8, 4) is 0 Å². The summed E-state index contributed by atoms with van der Waals surface area (Å²) in [5, 5.41) is 3.38. The van der Waals surface area contributed by atoms with E-state index in [1.165, 1.54) is 51.4 Å². The van der Waals surface area contributed by atoms with Gasteiger partial charge in [-0.1, -0.05) is 19.3 Å². The minimum Gasteiger partial charge on any atom is -0.370 e. The molecule has 3 fully saturated rings. The molecule has 0 aliphatic heterocycles. The Balaban J connectivity index is 1.49. The van der Waals surface area contributed by atoms with Gasteiger partial charge in [0, 0.05) is 6.04 Å². The fourth-order valence-corrected chi connectivity index (χ4v) is 2.87. The van der Waals surface area contributed by atoms with Gasteiger partial charge in [-0.15, -0.1) is 0 Å². The Kier molecular flexibility index (Phi) is 2.15. The third-order valence-corrected chi connectivity index (χ3v) is 4.29. The third kappa shape index (κ3) is 1.97. The first-order valence-corrected chi connectivity index (χ1v) is 6.38. The van der Waals surface area contributed by atoms with E-state index in [1.807, 2.05) is 0 Å². The molecule has 1 atom stereocenters. The molecule has 1 spiro atoms. The third-order valence-electron chi connectivity index (χ3n) is 4.29. The van der Waals surface area contributed by atoms with Gasteiger partial charge in [0.25, 0.3) is 0 Å². The number of nitrogens with two attached hydrogens (primary N) is 1. The van der Waals surface area contributed by atoms with Crippen molar-refractivity contribution in [2.45, 2.75) is 63.5 Å². The molecule has 3 nitrogen and oxygen atoms in total. The van der Waals surface area contributed by atoms with Crippen LogP contribution < -0.4 is 11.1 Å². The van der Waals surface area contributed by atoms with Crippen LogP contribution in [0.5, 0.6) is 0 Å². The number of hydrogen-bond donors (Lipinski definition) is 2. The molecule has 84 valence electrons. The van der Waals surface area contributed by atoms with Crippen LogP contribution in [-0.4, -0.2) is 18.0 Å². The molecule has 1 unspecified atom stereocenters. The monoisotopic (exact) mass is 207 g/mol. The van der Waals surface area contributed by atoms with E-state index in [4.69, 9.17) is 5.73 Å². The SMILES string of the molecule is NC(=NC1CC12CC2)NC1CCCCC1. The molecule has 0 aromatic heterocycles. The highest BCUT2D eigenvalue weighted by molar-refractivity contribution is 5.78. The summed E-state index contributed by atoms with van der Waals surface area (Å²) in [6, 6.07) is 1.16. The Bertz CT molecular complexity index is 275. The highest BCUT2D eigenvalue weighted by Gasteiger charge is 2.63. The van der Waals surface area contributed by atoms with E-state index in [-0.39, 0.29) is 0 Å². The maximum atomic E-state index is 5.93. The molecule has 3 heteroatoms. The topological polar surface area (TPSA) is 50.4 Å². The minimum atomic E-state index is 0.564. The molecule has 0 saturated heterocycles. The van der Waals surface area contributed by atoms with Gasteiger partial charge in [0.15, 0.2) is 5.96 Å². The van der Waals surface area contributed by atoms with Gasteiger partial charge in [-0.25, -0.2) is 4.99 Å². The summed E-state index contributed by atoms with van der Waals surface area (Å²) >= 11 is 0. The summed E-state index contributed by atoms with van der Waals surface area (Å²) in [7, 11) is 0. The lowest BCUT2D eigenvalue weighted by atomic mass is 9.96. The van der Waals surface area contributed by atoms with Gasteiger partial charge >= 0.3 is 0 Å². The second-order valence-corrected chi connectivity index (χ2v) is 5.58. The lowest BCUT2D eigenvalue weighted by molar-refractivity contribution is 0.412. The average Bonchev–Trinajstić information content (AvgIpc) is 3.11. The Labute approximate surface area is 91.5 Å². The zero-order valence-electron chi connectivity index (χ0n) is 9.34. The Morgan fingerprint density at radius 1 is 1.20 bits per heavy atom. The van der Waals surface area contributed by atoms with Crippen molar-refractivity contribution in [3.63, 3.8) is 0 Å². The molecule has 0 heterocycles. The van der Waals surface area contributed by atoms with Crippen molar-refractivity contribution in [2.24, 2.45) is 16.1 Å². The van der Waals surface area contributed by atoms with Crippen molar-refractivity contribution in [2.75, 3.05) is 0 Å². The largest absolute Gasteiger partial charge is 0.370 e. The maximum Gasteiger partial charge on any atom is 0.189 e. The zero-order chi connectivity index (χ0) is 10.3. The predicted octanol–water partition coefficient (Wildman–Crippen LogP) is 1.78. The summed E-state index contributed by atoms with van der Waals surface area (Å²) in [4.78, 5) is 4.58. The van der Waals surface area contributed by atoms with Crippen LogP contribution >= 0.6 is 0 Å². The van der Waals surface area contributed by atoms with Crippen LogP contribution in [0, 0.1) is 5.41 Å². The van der Waals surface area contributed by atoms with Crippen molar-refractivity contribution in [1.82, 2.24) is 5.32 Å². The van der Waals surface area contributed by atoms with Gasteiger partial charge < -0.3 is 11.1 Å². The normalized spacial score (nSPS) is 34.1. The maximum absolute atomic E-state index is 5.93. The van der Waals surface area contributed by atoms with Gasteiger partial charge in [-0.05, 0) is 37.5 Å². The first kappa shape index (κ1) is 9.49. The molecule has 3 aliphatic carbocycles. The van der Waals surface area contributed by atoms with E-state index in [0.29, 0.717) is 23.5 Å². The molecule has 0 amide bonds. The quantitative estimate of drug-likeness (QED) is 0.535. The summed E-state index contributed by atoms with van der Waals surface area (Å²) in [6.07, 6.45) is 10.7. The number of nitrogens with one attached hydrogen (secondary N) is 1. The first-order valence-electron chi connectivity index (χ1n) is 6.38. The van der Waals surface area contributed by atoms with Crippen LogP contribution in [0.4, 0.5) is 0 Å². The number of guanidine groups is 1. The van der Waals surface area contributed by atoms with Crippen LogP contribution in [0.2, 0.25) is 0 Å². The van der Waals surface area contributed by atoms with Crippen molar-refractivity contribution in [3.05, 3.63) is 0 Å². The summed E-state index contributed by atoms with van der Waals surface area (Å²) in [5.41, 5.74) is 6.57. The number of aliphatic imine (C=N–C) groups is 1. The molecule has 0 aromatic rings. The van der Waals surface area contributed by atoms with E-state index in [2.05, 4.69) is 10.3 Å². The molecular formula is C12H21N3. The van der Waals surface area contributed by atoms with Gasteiger partial charge in [-0.2, -0.15) is 0 Å². The lowest BCUT2D eigenvalue weighted by Gasteiger charge is -2.23. The van der Waals surface area contributed by atoms with Gasteiger partial charge in [0.05, 0.1) is 6.04 Å². The fourth-order valence-electron chi connectivity index (χ4n) is 2.87. The molecular weight excluding hydrogens is 186 g/mol. The number of hydrogen-bond acceptors (Lipinski definition) is 1. The van der Waals surface area contributed by atoms with Gasteiger partial charge in [0.1, 0.15) is 0 Å². The highest BCUT2D eigenvalue weighted by Crippen LogP contribution is 2.67. The summed E-state index contributed by atoms with van der Waals surface area (Å²) < 4.78 is 0. The molecule has 3 N–H and O–H groups in total. The van der Waals surface area contributed by atoms with Crippen LogP contribution in [0.3, 0.4) is 0 Å². The second kappa shape index (κ2) is 3.39. The summed E-state index contributed by atoms with van der Waals surface area (Å²) in [6.45, 7) is 0. The lowest BCUT2D eigenvalue weighted by Crippen LogP contribution is -2.41. The standard InChI is InChI=1S/C12H21N3/c13-11(14-9-4-2-1-3-5-9)15-10-8-12(10)6-7-12/h9-10H,1-8H2,(H3,13,14,15). The highest BCUT2D eigenvalue weighted by atomic mass is 15.1. The minimum absolute atomic E-state index is 0.564. The molecule has 0 bridgehead atoms. The van der Waals surface area contributed by atoms with E-state index in [1.54, 1.807) is 0 Å². The molecule has 3 rings (SSSR count). The predicted molar refractivity (Wildman–Crippen MR) is 61.7 cm³/mol. The Morgan fingerprint density at radius 2 is 1.93 bits per heavy atom. The van der Waals surface area contributed by atoms with Crippen LogP contribution in [0.25, 0.3) is 0 Å². The van der Waals surface area contributed by atoms with E-state index in [0.717, 1.165) is 0 Å². The van der Waals surface area contributed by atoms with Crippen molar-refractivity contribution in [1.29, 1.82) is 0 Å². The number of nitrogens with zero attached hydrogens (tertiary/aromatic N) is 1. The van der Waals surface area contributed by atoms with Gasteiger partial charge in [0.2, 0.25) is 0 Å². The number of rotatable bonds is 2. The first-order chi connectivity index (χ1) is 7.28. The van der Waals surface area contributed by atoms with Gasteiger partial charge in [-0.3, -0.25) is 0 Å². The molecule has 15 heavy (non-hydrogen) atoms. The zero-order valence-corrected chi connectivity index (χ0v) is 9.34. The van der Waals surface area contributed by atoms with E-state index in [9.17, 15) is 0 Å². The van der Waals surface area contributed by atoms with Crippen LogP contribution in [0.15, 0.2) is 4.99 Å². The fraction of sp³-hybridized carbons (Fsp3) is 0.917. The van der Waals surface area contributed by atoms with Crippen LogP contribution in [0.1, 0.15) is 51.4 Å². The Morgan fingerprint density at radius 3 is 2.53 bits per heavy atom. The van der Waals surface area contributed by atoms with Crippen LogP contribution in [-0.2, 0) is 0 Å². The average molecular weight is 207 g/mol. The molecule has 0 radical (unpaired) electrons. The van der Waals surface area contributed by atoms with E-state index >= 15 is 0 Å². The van der Waals surface area contributed by atoms with Crippen molar-refractivity contribution < 1.29 is 0 Å². The van der Waals surface area contributed by atoms with E-state index < -0.39 is 0 Å². The smallest absolute Gasteiger partial charge is 0.189 e. The molecule has 3 aliphatic rings. The summed E-state index contributed by atoms with van der Waals surface area (Å²) in [5.74, 6) is 0.704. The molecule has 0 aromatic carbocycles. The Hall–Kier alpha value is -0.730. The molecule has 3 saturated carbocycles. The second-order valence-electron chi connectivity index (χ2n) is 5.58.